The minimum absolute atomic E-state index is 0.0489. The molecule has 0 bridgehead atoms. The van der Waals surface area contributed by atoms with Crippen molar-refractivity contribution in [2.45, 2.75) is 36.8 Å². The average molecular weight is 458 g/mol. The third kappa shape index (κ3) is 3.77. The lowest BCUT2D eigenvalue weighted by Gasteiger charge is -2.14. The normalized spacial score (nSPS) is 21.2. The van der Waals surface area contributed by atoms with Crippen molar-refractivity contribution in [3.05, 3.63) is 78.0 Å². The third-order valence-electron chi connectivity index (χ3n) is 6.61. The molecule has 0 amide bonds. The summed E-state index contributed by atoms with van der Waals surface area (Å²) in [6, 6.07) is 22.2. The summed E-state index contributed by atoms with van der Waals surface area (Å²) in [6.45, 7) is 0.537. The van der Waals surface area contributed by atoms with E-state index < -0.39 is 12.0 Å². The molecule has 2 N–H and O–H groups in total. The first kappa shape index (κ1) is 20.3. The monoisotopic (exact) mass is 457 g/mol. The van der Waals surface area contributed by atoms with E-state index in [1.807, 2.05) is 24.3 Å². The lowest BCUT2D eigenvalue weighted by atomic mass is 9.92. The molecule has 6 nitrogen and oxygen atoms in total. The van der Waals surface area contributed by atoms with Gasteiger partial charge < -0.3 is 15.2 Å². The topological polar surface area (TPSA) is 84.3 Å². The van der Waals surface area contributed by atoms with E-state index in [0.29, 0.717) is 13.0 Å². The number of rotatable bonds is 6. The molecule has 3 heterocycles. The molecule has 0 radical (unpaired) electrons. The Balaban J connectivity index is 1.21. The first-order chi connectivity index (χ1) is 16.1. The lowest BCUT2D eigenvalue weighted by Crippen LogP contribution is -2.30. The van der Waals surface area contributed by atoms with Gasteiger partial charge in [0.25, 0.3) is 0 Å². The van der Waals surface area contributed by atoms with E-state index in [9.17, 15) is 4.79 Å². The molecule has 2 aromatic carbocycles. The molecule has 6 rings (SSSR count). The van der Waals surface area contributed by atoms with E-state index >= 15 is 0 Å². The Morgan fingerprint density at radius 2 is 1.82 bits per heavy atom. The molecule has 2 atom stereocenters. The summed E-state index contributed by atoms with van der Waals surface area (Å²) in [5.74, 6) is -0.0999. The minimum atomic E-state index is -0.833. The fourth-order valence-electron chi connectivity index (χ4n) is 4.63. The molecule has 2 aliphatic rings. The van der Waals surface area contributed by atoms with Crippen LogP contribution in [-0.2, 0) is 10.2 Å². The van der Waals surface area contributed by atoms with Gasteiger partial charge in [-0.3, -0.25) is 4.79 Å². The van der Waals surface area contributed by atoms with Crippen LogP contribution in [0, 0.1) is 0 Å². The van der Waals surface area contributed by atoms with Crippen LogP contribution in [0.1, 0.15) is 30.5 Å². The number of ether oxygens (including phenoxy) is 1. The molecule has 1 aliphatic carbocycles. The zero-order valence-corrected chi connectivity index (χ0v) is 18.7. The second-order valence-corrected chi connectivity index (χ2v) is 9.76. The number of benzene rings is 2. The van der Waals surface area contributed by atoms with Gasteiger partial charge in [0.2, 0.25) is 0 Å². The lowest BCUT2D eigenvalue weighted by molar-refractivity contribution is -0.139. The van der Waals surface area contributed by atoms with Crippen molar-refractivity contribution in [3.63, 3.8) is 0 Å². The van der Waals surface area contributed by atoms with Crippen molar-refractivity contribution in [2.75, 3.05) is 6.54 Å². The van der Waals surface area contributed by atoms with E-state index in [0.717, 1.165) is 45.2 Å². The SMILES string of the molecule is O=C(O)[C@@H]1C[C@@H](Oc2ccc(-c3nc4ccc(C5(c6ccccc6)CC5)nc4s3)cc2)CN1. The van der Waals surface area contributed by atoms with Gasteiger partial charge in [0.1, 0.15) is 33.3 Å². The highest BCUT2D eigenvalue weighted by molar-refractivity contribution is 7.21. The van der Waals surface area contributed by atoms with Crippen LogP contribution in [0.5, 0.6) is 5.75 Å². The van der Waals surface area contributed by atoms with Gasteiger partial charge in [-0.25, -0.2) is 9.97 Å². The Morgan fingerprint density at radius 3 is 2.52 bits per heavy atom. The highest BCUT2D eigenvalue weighted by Gasteiger charge is 2.47. The average Bonchev–Trinajstić information content (AvgIpc) is 3.32. The first-order valence-corrected chi connectivity index (χ1v) is 12.0. The van der Waals surface area contributed by atoms with Crippen molar-refractivity contribution in [2.24, 2.45) is 0 Å². The molecule has 1 saturated heterocycles. The van der Waals surface area contributed by atoms with Gasteiger partial charge in [0.15, 0.2) is 0 Å². The number of nitrogens with zero attached hydrogens (tertiary/aromatic N) is 2. The standard InChI is InChI=1S/C26H23N3O3S/c30-25(31)21-14-19(15-27-21)32-18-8-6-16(7-9-18)23-28-20-10-11-22(29-24(20)33-23)26(12-13-26)17-4-2-1-3-5-17/h1-11,19,21,27H,12-15H2,(H,30,31)/t19-,21+/m1/s1. The van der Waals surface area contributed by atoms with E-state index in [1.165, 1.54) is 5.56 Å². The summed E-state index contributed by atoms with van der Waals surface area (Å²) in [4.78, 5) is 21.9. The van der Waals surface area contributed by atoms with E-state index in [1.54, 1.807) is 11.3 Å². The summed E-state index contributed by atoms with van der Waals surface area (Å²) in [5, 5.41) is 13.0. The van der Waals surface area contributed by atoms with Gasteiger partial charge in [-0.05, 0) is 54.8 Å². The summed E-state index contributed by atoms with van der Waals surface area (Å²) in [6.07, 6.45) is 2.59. The van der Waals surface area contributed by atoms with E-state index in [4.69, 9.17) is 19.8 Å². The fraction of sp³-hybridized carbons (Fsp3) is 0.269. The number of carboxylic acid groups (broad SMARTS) is 1. The van der Waals surface area contributed by atoms with Crippen molar-refractivity contribution < 1.29 is 14.6 Å². The molecular weight excluding hydrogens is 434 g/mol. The molecular formula is C26H23N3O3S. The number of hydrogen-bond donors (Lipinski definition) is 2. The van der Waals surface area contributed by atoms with Crippen molar-refractivity contribution in [3.8, 4) is 16.3 Å². The number of aliphatic carboxylic acids is 1. The molecule has 0 spiro atoms. The maximum absolute atomic E-state index is 11.1. The zero-order valence-electron chi connectivity index (χ0n) is 17.9. The van der Waals surface area contributed by atoms with Crippen molar-refractivity contribution >= 4 is 27.7 Å². The Kier molecular flexibility index (Phi) is 4.89. The maximum atomic E-state index is 11.1. The number of thiazole rings is 1. The molecule has 2 aromatic heterocycles. The summed E-state index contributed by atoms with van der Waals surface area (Å²) < 4.78 is 5.95. The smallest absolute Gasteiger partial charge is 0.320 e. The second-order valence-electron chi connectivity index (χ2n) is 8.79. The molecule has 33 heavy (non-hydrogen) atoms. The van der Waals surface area contributed by atoms with Crippen LogP contribution in [0.15, 0.2) is 66.7 Å². The summed E-state index contributed by atoms with van der Waals surface area (Å²) in [5.41, 5.74) is 4.45. The van der Waals surface area contributed by atoms with E-state index in [2.05, 4.69) is 47.8 Å². The Hall–Kier alpha value is -3.29. The predicted octanol–water partition coefficient (Wildman–Crippen LogP) is 4.63. The van der Waals surface area contributed by atoms with Gasteiger partial charge in [-0.15, -0.1) is 0 Å². The van der Waals surface area contributed by atoms with Gasteiger partial charge in [-0.2, -0.15) is 0 Å². The van der Waals surface area contributed by atoms with Gasteiger partial charge >= 0.3 is 5.97 Å². The van der Waals surface area contributed by atoms with Crippen LogP contribution in [0.25, 0.3) is 20.9 Å². The Labute approximate surface area is 195 Å². The fourth-order valence-corrected chi connectivity index (χ4v) is 5.57. The number of aromatic nitrogens is 2. The minimum Gasteiger partial charge on any atom is -0.489 e. The van der Waals surface area contributed by atoms with Crippen molar-refractivity contribution in [1.29, 1.82) is 0 Å². The molecule has 166 valence electrons. The maximum Gasteiger partial charge on any atom is 0.320 e. The van der Waals surface area contributed by atoms with Crippen LogP contribution in [0.2, 0.25) is 0 Å². The van der Waals surface area contributed by atoms with Gasteiger partial charge in [-0.1, -0.05) is 41.7 Å². The number of carbonyl (C=O) groups is 1. The second kappa shape index (κ2) is 7.93. The number of carboxylic acids is 1. The quantitative estimate of drug-likeness (QED) is 0.439. The highest BCUT2D eigenvalue weighted by Crippen LogP contribution is 2.53. The van der Waals surface area contributed by atoms with E-state index in [-0.39, 0.29) is 11.5 Å². The van der Waals surface area contributed by atoms with Crippen LogP contribution in [0.4, 0.5) is 0 Å². The third-order valence-corrected chi connectivity index (χ3v) is 7.63. The molecule has 2 fully saturated rings. The molecule has 4 aromatic rings. The number of fused-ring (bicyclic) bond motifs is 1. The molecule has 1 aliphatic heterocycles. The molecule has 7 heteroatoms. The number of pyridine rings is 1. The number of hydrogen-bond acceptors (Lipinski definition) is 6. The molecule has 0 unspecified atom stereocenters. The van der Waals surface area contributed by atoms with Crippen LogP contribution < -0.4 is 10.1 Å². The highest BCUT2D eigenvalue weighted by atomic mass is 32.1. The number of nitrogens with one attached hydrogen (secondary N) is 1. The Bertz CT molecular complexity index is 1320. The van der Waals surface area contributed by atoms with Gasteiger partial charge in [0.05, 0.1) is 5.69 Å². The van der Waals surface area contributed by atoms with Crippen LogP contribution >= 0.6 is 11.3 Å². The van der Waals surface area contributed by atoms with Crippen LogP contribution in [0.3, 0.4) is 0 Å². The van der Waals surface area contributed by atoms with Crippen molar-refractivity contribution in [1.82, 2.24) is 15.3 Å². The van der Waals surface area contributed by atoms with Gasteiger partial charge in [0, 0.05) is 23.9 Å². The summed E-state index contributed by atoms with van der Waals surface area (Å²) in [7, 11) is 0. The zero-order chi connectivity index (χ0) is 22.4. The molecule has 1 saturated carbocycles. The Morgan fingerprint density at radius 1 is 1.03 bits per heavy atom. The predicted molar refractivity (Wildman–Crippen MR) is 128 cm³/mol. The summed E-state index contributed by atoms with van der Waals surface area (Å²) >= 11 is 1.61. The largest absolute Gasteiger partial charge is 0.489 e. The van der Waals surface area contributed by atoms with Crippen LogP contribution in [-0.4, -0.2) is 39.7 Å². The first-order valence-electron chi connectivity index (χ1n) is 11.2.